The first-order chi connectivity index (χ1) is 15.0. The molecule has 2 saturated heterocycles. The van der Waals surface area contributed by atoms with Crippen LogP contribution < -0.4 is 0 Å². The summed E-state index contributed by atoms with van der Waals surface area (Å²) in [4.78, 5) is 0. The molecule has 2 heterocycles. The molecule has 0 aliphatic carbocycles. The second kappa shape index (κ2) is 13.3. The van der Waals surface area contributed by atoms with Crippen molar-refractivity contribution in [2.24, 2.45) is 0 Å². The highest BCUT2D eigenvalue weighted by molar-refractivity contribution is 4.96. The summed E-state index contributed by atoms with van der Waals surface area (Å²) in [5.41, 5.74) is 0. The van der Waals surface area contributed by atoms with E-state index >= 15 is 0 Å². The quantitative estimate of drug-likeness (QED) is 0.393. The maximum absolute atomic E-state index is 6.37. The highest BCUT2D eigenvalue weighted by Crippen LogP contribution is 2.33. The van der Waals surface area contributed by atoms with E-state index < -0.39 is 61.4 Å². The second-order valence-corrected chi connectivity index (χ2v) is 7.33. The summed E-state index contributed by atoms with van der Waals surface area (Å²) in [6, 6.07) is 0. The topological polar surface area (TPSA) is 102 Å². The van der Waals surface area contributed by atoms with Crippen molar-refractivity contribution < 1.29 is 52.1 Å². The van der Waals surface area contributed by atoms with Crippen LogP contribution in [0.25, 0.3) is 0 Å². The molecule has 2 fully saturated rings. The third kappa shape index (κ3) is 5.92. The number of rotatable bonds is 12. The first-order valence-corrected chi connectivity index (χ1v) is 10.2. The van der Waals surface area contributed by atoms with Crippen LogP contribution >= 0.6 is 0 Å². The minimum absolute atomic E-state index is 0.286. The van der Waals surface area contributed by atoms with Gasteiger partial charge in [-0.3, -0.25) is 0 Å². The summed E-state index contributed by atoms with van der Waals surface area (Å²) in [6.07, 6.45) is -5.54. The molecule has 31 heavy (non-hydrogen) atoms. The molecule has 2 aliphatic heterocycles. The van der Waals surface area contributed by atoms with Gasteiger partial charge in [0.25, 0.3) is 0 Å². The van der Waals surface area contributed by atoms with E-state index in [-0.39, 0.29) is 6.61 Å². The average molecular weight is 455 g/mol. The maximum Gasteiger partial charge on any atom is 0.187 e. The van der Waals surface area contributed by atoms with E-state index in [9.17, 15) is 0 Å². The largest absolute Gasteiger partial charge is 0.382 e. The van der Waals surface area contributed by atoms with Gasteiger partial charge in [0.05, 0.1) is 13.2 Å². The average Bonchev–Trinajstić information content (AvgIpc) is 2.78. The normalized spacial score (nSPS) is 41.4. The summed E-state index contributed by atoms with van der Waals surface area (Å²) in [6.45, 7) is 0.594. The predicted octanol–water partition coefficient (Wildman–Crippen LogP) is -0.164. The van der Waals surface area contributed by atoms with E-state index in [0.717, 1.165) is 0 Å². The van der Waals surface area contributed by atoms with Gasteiger partial charge in [0.1, 0.15) is 48.8 Å². The van der Waals surface area contributed by atoms with Crippen LogP contribution in [-0.2, 0) is 52.1 Å². The van der Waals surface area contributed by atoms with Crippen molar-refractivity contribution in [1.29, 1.82) is 0 Å². The Balaban J connectivity index is 2.30. The number of methoxy groups -OCH3 is 8. The van der Waals surface area contributed by atoms with Gasteiger partial charge < -0.3 is 52.1 Å². The van der Waals surface area contributed by atoms with Crippen molar-refractivity contribution in [1.82, 2.24) is 0 Å². The molecule has 0 bridgehead atoms. The summed E-state index contributed by atoms with van der Waals surface area (Å²) in [5, 5.41) is 0. The van der Waals surface area contributed by atoms with Crippen molar-refractivity contribution in [2.75, 3.05) is 70.1 Å². The zero-order chi connectivity index (χ0) is 23.0. The summed E-state index contributed by atoms with van der Waals surface area (Å²) in [5.74, 6) is 0. The molecule has 0 spiro atoms. The lowest BCUT2D eigenvalue weighted by atomic mass is 9.96. The fraction of sp³-hybridized carbons (Fsp3) is 1.00. The minimum Gasteiger partial charge on any atom is -0.382 e. The molecule has 0 amide bonds. The van der Waals surface area contributed by atoms with Gasteiger partial charge in [-0.1, -0.05) is 0 Å². The highest BCUT2D eigenvalue weighted by atomic mass is 16.8. The molecule has 0 aromatic rings. The zero-order valence-electron chi connectivity index (χ0n) is 19.7. The lowest BCUT2D eigenvalue weighted by Gasteiger charge is -2.49. The van der Waals surface area contributed by atoms with Crippen LogP contribution in [0.4, 0.5) is 0 Å². The third-order valence-corrected chi connectivity index (χ3v) is 5.73. The van der Waals surface area contributed by atoms with Crippen molar-refractivity contribution in [3.8, 4) is 0 Å². The SMILES string of the molecule is COC[C@@H]1O[C@H](O[C@@H]2[C@@H](OC)O[C@@H](COC)[C@H](OC)[C@H]2OC)[C@@H](OC)[C@H](OC)[C@H]1OC. The number of ether oxygens (including phenoxy) is 11. The van der Waals surface area contributed by atoms with Crippen LogP contribution in [-0.4, -0.2) is 132 Å². The Labute approximate surface area is 184 Å². The van der Waals surface area contributed by atoms with Crippen LogP contribution in [0.3, 0.4) is 0 Å². The fourth-order valence-corrected chi connectivity index (χ4v) is 4.31. The monoisotopic (exact) mass is 454 g/mol. The molecular formula is C20H38O11. The van der Waals surface area contributed by atoms with Gasteiger partial charge in [-0.2, -0.15) is 0 Å². The maximum atomic E-state index is 6.37. The van der Waals surface area contributed by atoms with Gasteiger partial charge in [-0.25, -0.2) is 0 Å². The molecule has 0 N–H and O–H groups in total. The van der Waals surface area contributed by atoms with Crippen LogP contribution in [0.5, 0.6) is 0 Å². The fourth-order valence-electron chi connectivity index (χ4n) is 4.31. The Kier molecular flexibility index (Phi) is 11.5. The number of hydrogen-bond donors (Lipinski definition) is 0. The highest BCUT2D eigenvalue weighted by Gasteiger charge is 2.53. The molecule has 2 rings (SSSR count). The molecule has 184 valence electrons. The van der Waals surface area contributed by atoms with Crippen molar-refractivity contribution in [3.63, 3.8) is 0 Å². The Morgan fingerprint density at radius 2 is 0.871 bits per heavy atom. The van der Waals surface area contributed by atoms with E-state index in [1.165, 1.54) is 7.11 Å². The Bertz CT molecular complexity index is 496. The predicted molar refractivity (Wildman–Crippen MR) is 107 cm³/mol. The van der Waals surface area contributed by atoms with Crippen LogP contribution in [0.2, 0.25) is 0 Å². The first-order valence-electron chi connectivity index (χ1n) is 10.2. The van der Waals surface area contributed by atoms with Crippen molar-refractivity contribution in [2.45, 2.75) is 61.4 Å². The molecular weight excluding hydrogens is 416 g/mol. The Morgan fingerprint density at radius 3 is 1.26 bits per heavy atom. The van der Waals surface area contributed by atoms with E-state index in [0.29, 0.717) is 6.61 Å². The van der Waals surface area contributed by atoms with Gasteiger partial charge in [0.15, 0.2) is 12.6 Å². The molecule has 0 radical (unpaired) electrons. The summed E-state index contributed by atoms with van der Waals surface area (Å²) in [7, 11) is 12.6. The van der Waals surface area contributed by atoms with Gasteiger partial charge >= 0.3 is 0 Å². The lowest BCUT2D eigenvalue weighted by Crippen LogP contribution is -2.66. The van der Waals surface area contributed by atoms with Gasteiger partial charge in [0, 0.05) is 56.9 Å². The van der Waals surface area contributed by atoms with Gasteiger partial charge in [-0.15, -0.1) is 0 Å². The molecule has 0 aromatic heterocycles. The zero-order valence-corrected chi connectivity index (χ0v) is 19.7. The smallest absolute Gasteiger partial charge is 0.187 e. The van der Waals surface area contributed by atoms with Crippen LogP contribution in [0, 0.1) is 0 Å². The molecule has 11 nitrogen and oxygen atoms in total. The molecule has 0 aromatic carbocycles. The lowest BCUT2D eigenvalue weighted by molar-refractivity contribution is -0.372. The van der Waals surface area contributed by atoms with E-state index in [2.05, 4.69) is 0 Å². The van der Waals surface area contributed by atoms with Crippen molar-refractivity contribution in [3.05, 3.63) is 0 Å². The van der Waals surface area contributed by atoms with E-state index in [1.807, 2.05) is 0 Å². The second-order valence-electron chi connectivity index (χ2n) is 7.33. The van der Waals surface area contributed by atoms with Crippen molar-refractivity contribution >= 4 is 0 Å². The minimum atomic E-state index is -0.832. The first kappa shape index (κ1) is 26.8. The molecule has 2 aliphatic rings. The molecule has 0 saturated carbocycles. The van der Waals surface area contributed by atoms with E-state index in [1.54, 1.807) is 49.8 Å². The summed E-state index contributed by atoms with van der Waals surface area (Å²) < 4.78 is 63.2. The molecule has 10 atom stereocenters. The van der Waals surface area contributed by atoms with Gasteiger partial charge in [0.2, 0.25) is 0 Å². The Morgan fingerprint density at radius 1 is 0.452 bits per heavy atom. The van der Waals surface area contributed by atoms with Crippen LogP contribution in [0.1, 0.15) is 0 Å². The molecule has 0 unspecified atom stereocenters. The standard InChI is InChI=1S/C20H38O11/c1-21-9-11-14(24-4)16(26-6)18(19(28-8)29-11)31-20-17(27-7)15(25-5)13(23-3)12(30-20)10-22-2/h11-20H,9-10H2,1-8H3/t11-,12-,13-,14-,15+,16+,17-,18-,19-,20+/m0/s1. The van der Waals surface area contributed by atoms with E-state index in [4.69, 9.17) is 52.1 Å². The summed E-state index contributed by atoms with van der Waals surface area (Å²) >= 11 is 0. The third-order valence-electron chi connectivity index (χ3n) is 5.73. The molecule has 11 heteroatoms. The Hall–Kier alpha value is -0.440. The van der Waals surface area contributed by atoms with Crippen LogP contribution in [0.15, 0.2) is 0 Å². The number of hydrogen-bond acceptors (Lipinski definition) is 11. The van der Waals surface area contributed by atoms with Gasteiger partial charge in [-0.05, 0) is 0 Å².